The molecule has 0 aliphatic carbocycles. The smallest absolute Gasteiger partial charge is 0.328 e. The maximum Gasteiger partial charge on any atom is 0.328 e. The Morgan fingerprint density at radius 2 is 1.75 bits per heavy atom. The highest BCUT2D eigenvalue weighted by molar-refractivity contribution is 5.80. The number of likely N-dealkylation sites (N-methyl/N-ethyl adjacent to an activating group) is 1. The topological polar surface area (TPSA) is 104 Å². The van der Waals surface area contributed by atoms with E-state index in [1.165, 1.54) is 6.08 Å². The van der Waals surface area contributed by atoms with Crippen molar-refractivity contribution in [2.75, 3.05) is 27.7 Å². The lowest BCUT2D eigenvalue weighted by Crippen LogP contribution is -2.45. The molecule has 0 rings (SSSR count). The first-order valence-corrected chi connectivity index (χ1v) is 7.52. The number of rotatable bonds is 11. The van der Waals surface area contributed by atoms with Crippen molar-refractivity contribution in [1.82, 2.24) is 0 Å². The number of esters is 1. The van der Waals surface area contributed by atoms with E-state index in [0.29, 0.717) is 17.4 Å². The normalized spacial score (nSPS) is 13.6. The molecule has 0 aromatic heterocycles. The fourth-order valence-corrected chi connectivity index (χ4v) is 1.83. The Labute approximate surface area is 142 Å². The Morgan fingerprint density at radius 3 is 2.29 bits per heavy atom. The third-order valence-corrected chi connectivity index (χ3v) is 2.67. The van der Waals surface area contributed by atoms with Crippen LogP contribution in [0.4, 0.5) is 0 Å². The van der Waals surface area contributed by atoms with Gasteiger partial charge >= 0.3 is 11.9 Å². The first-order valence-electron chi connectivity index (χ1n) is 7.52. The zero-order valence-corrected chi connectivity index (χ0v) is 14.3. The summed E-state index contributed by atoms with van der Waals surface area (Å²) in [5.74, 6) is -2.74. The van der Waals surface area contributed by atoms with Crippen molar-refractivity contribution in [3.8, 4) is 0 Å². The van der Waals surface area contributed by atoms with Crippen LogP contribution >= 0.6 is 0 Å². The van der Waals surface area contributed by atoms with Gasteiger partial charge in [-0.3, -0.25) is 4.79 Å². The van der Waals surface area contributed by atoms with Crippen LogP contribution in [0, 0.1) is 0 Å². The minimum Gasteiger partial charge on any atom is -0.550 e. The van der Waals surface area contributed by atoms with Gasteiger partial charge in [-0.25, -0.2) is 4.79 Å². The average Bonchev–Trinajstić information content (AvgIpc) is 2.38. The van der Waals surface area contributed by atoms with Gasteiger partial charge in [0.05, 0.1) is 21.1 Å². The molecular formula is C17H25NO6. The Morgan fingerprint density at radius 1 is 1.12 bits per heavy atom. The minimum atomic E-state index is -1.25. The minimum absolute atomic E-state index is 0.135. The molecule has 0 aromatic carbocycles. The first-order chi connectivity index (χ1) is 11.1. The number of nitrogens with zero attached hydrogens (tertiary/aromatic N) is 1. The molecule has 7 heteroatoms. The van der Waals surface area contributed by atoms with Crippen LogP contribution in [0.3, 0.4) is 0 Å². The summed E-state index contributed by atoms with van der Waals surface area (Å²) in [6.07, 6.45) is 8.54. The van der Waals surface area contributed by atoms with Crippen molar-refractivity contribution in [3.63, 3.8) is 0 Å². The van der Waals surface area contributed by atoms with Crippen LogP contribution in [-0.4, -0.2) is 61.3 Å². The second-order valence-electron chi connectivity index (χ2n) is 6.21. The van der Waals surface area contributed by atoms with Crippen molar-refractivity contribution >= 4 is 17.9 Å². The standard InChI is InChI=1S/C17H25NO6/c1-18(2,3)13-14(12-16(21)22)24-17(23)11-9-7-5-4-6-8-10-15(19)20/h4-8,10,14H,9,11-13H2,1-3H3,(H-,19,20,21,22)/b6-4+,7-5+,10-8+. The molecule has 7 nitrogen and oxygen atoms in total. The molecule has 0 aliphatic rings. The van der Waals surface area contributed by atoms with Gasteiger partial charge < -0.3 is 24.2 Å². The van der Waals surface area contributed by atoms with Gasteiger partial charge in [0.1, 0.15) is 6.54 Å². The number of aliphatic carboxylic acids is 2. The highest BCUT2D eigenvalue weighted by Crippen LogP contribution is 2.07. The number of ether oxygens (including phenoxy) is 1. The largest absolute Gasteiger partial charge is 0.550 e. The van der Waals surface area contributed by atoms with Crippen molar-refractivity contribution in [3.05, 3.63) is 36.5 Å². The van der Waals surface area contributed by atoms with E-state index in [-0.39, 0.29) is 12.8 Å². The van der Waals surface area contributed by atoms with Crippen LogP contribution < -0.4 is 5.11 Å². The van der Waals surface area contributed by atoms with Crippen molar-refractivity contribution in [2.45, 2.75) is 25.4 Å². The average molecular weight is 339 g/mol. The third-order valence-electron chi connectivity index (χ3n) is 2.67. The monoisotopic (exact) mass is 339 g/mol. The van der Waals surface area contributed by atoms with Gasteiger partial charge in [0, 0.05) is 24.9 Å². The number of allylic oxidation sites excluding steroid dienone is 5. The molecule has 0 radical (unpaired) electrons. The molecule has 0 spiro atoms. The molecule has 0 fully saturated rings. The number of carboxylic acid groups (broad SMARTS) is 2. The zero-order valence-electron chi connectivity index (χ0n) is 14.3. The number of carboxylic acids is 2. The summed E-state index contributed by atoms with van der Waals surface area (Å²) in [6.45, 7) is 0.383. The maximum atomic E-state index is 11.8. The first kappa shape index (κ1) is 21.6. The van der Waals surface area contributed by atoms with Crippen LogP contribution in [0.1, 0.15) is 19.3 Å². The molecule has 0 bridgehead atoms. The lowest BCUT2D eigenvalue weighted by Gasteiger charge is -2.29. The molecule has 0 amide bonds. The molecule has 134 valence electrons. The summed E-state index contributed by atoms with van der Waals surface area (Å²) >= 11 is 0. The predicted octanol–water partition coefficient (Wildman–Crippen LogP) is 0.278. The number of carbonyl (C=O) groups excluding carboxylic acids is 2. The van der Waals surface area contributed by atoms with Crippen molar-refractivity contribution in [1.29, 1.82) is 0 Å². The van der Waals surface area contributed by atoms with E-state index < -0.39 is 24.0 Å². The molecule has 1 N–H and O–H groups in total. The predicted molar refractivity (Wildman–Crippen MR) is 86.7 cm³/mol. The second kappa shape index (κ2) is 11.2. The Hall–Kier alpha value is -2.41. The maximum absolute atomic E-state index is 11.8. The molecule has 0 aromatic rings. The van der Waals surface area contributed by atoms with Crippen LogP contribution in [-0.2, 0) is 19.1 Å². The van der Waals surface area contributed by atoms with E-state index in [4.69, 9.17) is 9.84 Å². The highest BCUT2D eigenvalue weighted by Gasteiger charge is 2.22. The van der Waals surface area contributed by atoms with Crippen molar-refractivity contribution in [2.24, 2.45) is 0 Å². The van der Waals surface area contributed by atoms with Gasteiger partial charge in [-0.2, -0.15) is 0 Å². The fraction of sp³-hybridized carbons (Fsp3) is 0.471. The summed E-state index contributed by atoms with van der Waals surface area (Å²) < 4.78 is 5.68. The lowest BCUT2D eigenvalue weighted by atomic mass is 10.2. The van der Waals surface area contributed by atoms with Crippen LogP contribution in [0.2, 0.25) is 0 Å². The highest BCUT2D eigenvalue weighted by atomic mass is 16.5. The van der Waals surface area contributed by atoms with Crippen LogP contribution in [0.15, 0.2) is 36.5 Å². The summed E-state index contributed by atoms with van der Waals surface area (Å²) in [7, 11) is 5.64. The summed E-state index contributed by atoms with van der Waals surface area (Å²) in [5.41, 5.74) is 0. The molecular weight excluding hydrogens is 314 g/mol. The van der Waals surface area contributed by atoms with E-state index in [0.717, 1.165) is 6.08 Å². The SMILES string of the molecule is C[N+](C)(C)CC(CC(=O)[O-])OC(=O)CC/C=C/C=C/C=C/C(=O)O. The summed E-state index contributed by atoms with van der Waals surface area (Å²) in [4.78, 5) is 32.7. The number of hydrogen-bond donors (Lipinski definition) is 1. The van der Waals surface area contributed by atoms with Crippen LogP contribution in [0.5, 0.6) is 0 Å². The van der Waals surface area contributed by atoms with E-state index in [1.807, 2.05) is 21.1 Å². The zero-order chi connectivity index (χ0) is 18.6. The van der Waals surface area contributed by atoms with Gasteiger partial charge in [-0.1, -0.05) is 30.4 Å². The lowest BCUT2D eigenvalue weighted by molar-refractivity contribution is -0.873. The molecule has 0 heterocycles. The second-order valence-corrected chi connectivity index (χ2v) is 6.21. The van der Waals surface area contributed by atoms with E-state index in [9.17, 15) is 19.5 Å². The van der Waals surface area contributed by atoms with E-state index in [1.54, 1.807) is 24.3 Å². The van der Waals surface area contributed by atoms with Gasteiger partial charge in [-0.15, -0.1) is 0 Å². The molecule has 1 unspecified atom stereocenters. The van der Waals surface area contributed by atoms with Gasteiger partial charge in [0.25, 0.3) is 0 Å². The number of quaternary nitrogens is 1. The fourth-order valence-electron chi connectivity index (χ4n) is 1.83. The Balaban J connectivity index is 4.24. The summed E-state index contributed by atoms with van der Waals surface area (Å²) in [6, 6.07) is 0. The quantitative estimate of drug-likeness (QED) is 0.251. The number of hydrogen-bond acceptors (Lipinski definition) is 5. The number of carbonyl (C=O) groups is 3. The summed E-state index contributed by atoms with van der Waals surface area (Å²) in [5, 5.41) is 19.1. The van der Waals surface area contributed by atoms with E-state index >= 15 is 0 Å². The Kier molecular flexibility index (Phi) is 10.1. The molecule has 24 heavy (non-hydrogen) atoms. The molecule has 1 atom stereocenters. The van der Waals surface area contributed by atoms with E-state index in [2.05, 4.69) is 0 Å². The third kappa shape index (κ3) is 14.5. The molecule has 0 saturated carbocycles. The van der Waals surface area contributed by atoms with Gasteiger partial charge in [-0.05, 0) is 6.42 Å². The van der Waals surface area contributed by atoms with Crippen molar-refractivity contribution < 1.29 is 33.8 Å². The van der Waals surface area contributed by atoms with Crippen LogP contribution in [0.25, 0.3) is 0 Å². The molecule has 0 saturated heterocycles. The van der Waals surface area contributed by atoms with Gasteiger partial charge in [0.15, 0.2) is 6.10 Å². The van der Waals surface area contributed by atoms with Gasteiger partial charge in [0.2, 0.25) is 0 Å². The molecule has 0 aliphatic heterocycles. The Bertz CT molecular complexity index is 514.